The zero-order valence-corrected chi connectivity index (χ0v) is 15.1. The van der Waals surface area contributed by atoms with Gasteiger partial charge in [0.1, 0.15) is 10.8 Å². The molecule has 1 N–H and O–H groups in total. The van der Waals surface area contributed by atoms with Crippen LogP contribution in [-0.2, 0) is 6.54 Å². The number of hydrogen-bond donors (Lipinski definition) is 1. The molecule has 0 saturated heterocycles. The molecule has 0 aliphatic rings. The molecule has 0 aliphatic carbocycles. The molecule has 4 nitrogen and oxygen atoms in total. The molecule has 0 atom stereocenters. The Labute approximate surface area is 150 Å². The van der Waals surface area contributed by atoms with Crippen molar-refractivity contribution in [3.63, 3.8) is 0 Å². The molecule has 2 heterocycles. The van der Waals surface area contributed by atoms with Crippen molar-refractivity contribution in [2.45, 2.75) is 13.5 Å². The molecule has 1 amide bonds. The maximum absolute atomic E-state index is 13.9. The number of rotatable bonds is 4. The number of amides is 1. The van der Waals surface area contributed by atoms with Crippen LogP contribution in [0.15, 0.2) is 47.2 Å². The summed E-state index contributed by atoms with van der Waals surface area (Å²) in [5, 5.41) is 3.45. The van der Waals surface area contributed by atoms with Crippen molar-refractivity contribution in [2.75, 3.05) is 0 Å². The van der Waals surface area contributed by atoms with Gasteiger partial charge in [-0.15, -0.1) is 11.3 Å². The van der Waals surface area contributed by atoms with Gasteiger partial charge in [-0.3, -0.25) is 9.78 Å². The van der Waals surface area contributed by atoms with Crippen LogP contribution in [0, 0.1) is 12.7 Å². The number of carbonyl (C=O) groups is 1. The molecule has 122 valence electrons. The van der Waals surface area contributed by atoms with Crippen molar-refractivity contribution >= 4 is 33.2 Å². The van der Waals surface area contributed by atoms with E-state index in [1.165, 1.54) is 23.6 Å². The Morgan fingerprint density at radius 2 is 2.12 bits per heavy atom. The average molecular weight is 406 g/mol. The summed E-state index contributed by atoms with van der Waals surface area (Å²) < 4.78 is 14.6. The number of nitrogens with zero attached hydrogens (tertiary/aromatic N) is 2. The Bertz CT molecular complexity index is 897. The summed E-state index contributed by atoms with van der Waals surface area (Å²) in [7, 11) is 0. The first-order chi connectivity index (χ1) is 11.5. The molecular weight excluding hydrogens is 393 g/mol. The Morgan fingerprint density at radius 3 is 2.88 bits per heavy atom. The van der Waals surface area contributed by atoms with Gasteiger partial charge in [-0.25, -0.2) is 9.37 Å². The lowest BCUT2D eigenvalue weighted by Gasteiger charge is -2.04. The maximum atomic E-state index is 13.9. The van der Waals surface area contributed by atoms with E-state index in [0.717, 1.165) is 15.0 Å². The number of benzene rings is 1. The summed E-state index contributed by atoms with van der Waals surface area (Å²) in [5.41, 5.74) is 1.73. The van der Waals surface area contributed by atoms with Crippen molar-refractivity contribution in [1.82, 2.24) is 15.3 Å². The maximum Gasteiger partial charge on any atom is 0.253 e. The molecule has 0 saturated carbocycles. The van der Waals surface area contributed by atoms with Crippen molar-refractivity contribution in [1.29, 1.82) is 0 Å². The SMILES string of the molecule is Cc1nc(-c2ccccc2F)sc1CNC(=O)c1cncc(Br)c1. The fourth-order valence-corrected chi connectivity index (χ4v) is 3.53. The minimum atomic E-state index is -0.304. The second kappa shape index (κ2) is 7.19. The van der Waals surface area contributed by atoms with Crippen LogP contribution in [0.3, 0.4) is 0 Å². The minimum absolute atomic E-state index is 0.218. The molecule has 2 aromatic heterocycles. The molecule has 0 fully saturated rings. The van der Waals surface area contributed by atoms with Gasteiger partial charge < -0.3 is 5.32 Å². The Hall–Kier alpha value is -2.12. The van der Waals surface area contributed by atoms with Gasteiger partial charge >= 0.3 is 0 Å². The summed E-state index contributed by atoms with van der Waals surface area (Å²) in [6.07, 6.45) is 3.12. The van der Waals surface area contributed by atoms with E-state index < -0.39 is 0 Å². The monoisotopic (exact) mass is 405 g/mol. The van der Waals surface area contributed by atoms with Gasteiger partial charge in [0.2, 0.25) is 0 Å². The second-order valence-electron chi connectivity index (χ2n) is 5.08. The number of aryl methyl sites for hydroxylation is 1. The molecule has 0 bridgehead atoms. The lowest BCUT2D eigenvalue weighted by atomic mass is 10.2. The Balaban J connectivity index is 1.75. The van der Waals surface area contributed by atoms with E-state index in [-0.39, 0.29) is 11.7 Å². The first-order valence-corrected chi connectivity index (χ1v) is 8.75. The van der Waals surface area contributed by atoms with Gasteiger partial charge in [0.25, 0.3) is 5.91 Å². The topological polar surface area (TPSA) is 54.9 Å². The first-order valence-electron chi connectivity index (χ1n) is 7.14. The zero-order valence-electron chi connectivity index (χ0n) is 12.7. The molecule has 24 heavy (non-hydrogen) atoms. The van der Waals surface area contributed by atoms with E-state index in [9.17, 15) is 9.18 Å². The Kier molecular flexibility index (Phi) is 5.01. The minimum Gasteiger partial charge on any atom is -0.347 e. The van der Waals surface area contributed by atoms with Gasteiger partial charge in [0.05, 0.1) is 17.8 Å². The highest BCUT2D eigenvalue weighted by atomic mass is 79.9. The average Bonchev–Trinajstić information content (AvgIpc) is 2.93. The highest BCUT2D eigenvalue weighted by molar-refractivity contribution is 9.10. The summed E-state index contributed by atoms with van der Waals surface area (Å²) in [4.78, 5) is 21.4. The number of carbonyl (C=O) groups excluding carboxylic acids is 1. The van der Waals surface area contributed by atoms with Gasteiger partial charge in [0.15, 0.2) is 0 Å². The van der Waals surface area contributed by atoms with E-state index in [1.54, 1.807) is 30.5 Å². The van der Waals surface area contributed by atoms with Crippen LogP contribution in [0.25, 0.3) is 10.6 Å². The fourth-order valence-electron chi connectivity index (χ4n) is 2.14. The largest absolute Gasteiger partial charge is 0.347 e. The third-order valence-electron chi connectivity index (χ3n) is 3.37. The van der Waals surface area contributed by atoms with Crippen LogP contribution >= 0.6 is 27.3 Å². The smallest absolute Gasteiger partial charge is 0.253 e. The molecular formula is C17H13BrFN3OS. The predicted molar refractivity (Wildman–Crippen MR) is 95.4 cm³/mol. The lowest BCUT2D eigenvalue weighted by molar-refractivity contribution is 0.0951. The second-order valence-corrected chi connectivity index (χ2v) is 7.08. The summed E-state index contributed by atoms with van der Waals surface area (Å²) in [6, 6.07) is 8.23. The zero-order chi connectivity index (χ0) is 17.1. The normalized spacial score (nSPS) is 10.6. The summed E-state index contributed by atoms with van der Waals surface area (Å²) >= 11 is 4.66. The number of hydrogen-bond acceptors (Lipinski definition) is 4. The quantitative estimate of drug-likeness (QED) is 0.701. The van der Waals surface area contributed by atoms with E-state index >= 15 is 0 Å². The molecule has 0 spiro atoms. The molecule has 3 aromatic rings. The van der Waals surface area contributed by atoms with E-state index in [2.05, 4.69) is 31.2 Å². The molecule has 0 radical (unpaired) electrons. The van der Waals surface area contributed by atoms with Crippen LogP contribution in [0.5, 0.6) is 0 Å². The number of pyridine rings is 1. The molecule has 0 aliphatic heterocycles. The van der Waals surface area contributed by atoms with Gasteiger partial charge in [-0.2, -0.15) is 0 Å². The highest BCUT2D eigenvalue weighted by Gasteiger charge is 2.14. The molecule has 1 aromatic carbocycles. The number of aromatic nitrogens is 2. The first kappa shape index (κ1) is 16.7. The summed E-state index contributed by atoms with van der Waals surface area (Å²) in [5.74, 6) is -0.522. The molecule has 0 unspecified atom stereocenters. The van der Waals surface area contributed by atoms with Crippen LogP contribution in [0.4, 0.5) is 4.39 Å². The Morgan fingerprint density at radius 1 is 1.33 bits per heavy atom. The number of nitrogens with one attached hydrogen (secondary N) is 1. The van der Waals surface area contributed by atoms with Crippen LogP contribution < -0.4 is 5.32 Å². The fraction of sp³-hybridized carbons (Fsp3) is 0.118. The van der Waals surface area contributed by atoms with E-state index in [0.29, 0.717) is 22.7 Å². The van der Waals surface area contributed by atoms with Crippen molar-refractivity contribution in [2.24, 2.45) is 0 Å². The van der Waals surface area contributed by atoms with Crippen LogP contribution in [0.1, 0.15) is 20.9 Å². The van der Waals surface area contributed by atoms with E-state index in [4.69, 9.17) is 0 Å². The highest BCUT2D eigenvalue weighted by Crippen LogP contribution is 2.29. The third-order valence-corrected chi connectivity index (χ3v) is 5.00. The lowest BCUT2D eigenvalue weighted by Crippen LogP contribution is -2.22. The predicted octanol–water partition coefficient (Wildman–Crippen LogP) is 4.35. The van der Waals surface area contributed by atoms with Crippen molar-refractivity contribution < 1.29 is 9.18 Å². The standard InChI is InChI=1S/C17H13BrFN3OS/c1-10-15(9-21-16(23)11-6-12(18)8-20-7-11)24-17(22-10)13-4-2-3-5-14(13)19/h2-8H,9H2,1H3,(H,21,23). The van der Waals surface area contributed by atoms with Gasteiger partial charge in [0, 0.05) is 27.3 Å². The summed E-state index contributed by atoms with van der Waals surface area (Å²) in [6.45, 7) is 2.19. The molecule has 3 rings (SSSR count). The van der Waals surface area contributed by atoms with Crippen molar-refractivity contribution in [3.8, 4) is 10.6 Å². The van der Waals surface area contributed by atoms with Crippen LogP contribution in [0.2, 0.25) is 0 Å². The van der Waals surface area contributed by atoms with E-state index in [1.807, 2.05) is 6.92 Å². The van der Waals surface area contributed by atoms with Crippen molar-refractivity contribution in [3.05, 3.63) is 69.1 Å². The van der Waals surface area contributed by atoms with Gasteiger partial charge in [-0.05, 0) is 41.1 Å². The van der Waals surface area contributed by atoms with Gasteiger partial charge in [-0.1, -0.05) is 12.1 Å². The number of halogens is 2. The number of thiazole rings is 1. The van der Waals surface area contributed by atoms with Crippen LogP contribution in [-0.4, -0.2) is 15.9 Å². The molecule has 7 heteroatoms. The third kappa shape index (κ3) is 3.68.